The number of anilines is 1. The van der Waals surface area contributed by atoms with Gasteiger partial charge in [0.1, 0.15) is 11.3 Å². The number of rotatable bonds is 14. The van der Waals surface area contributed by atoms with Crippen LogP contribution < -0.4 is 21.7 Å². The van der Waals surface area contributed by atoms with Crippen LogP contribution in [-0.4, -0.2) is 69.6 Å². The summed E-state index contributed by atoms with van der Waals surface area (Å²) in [4.78, 5) is 30.3. The monoisotopic (exact) mass is 588 g/mol. The smallest absolute Gasteiger partial charge is 0.336 e. The number of amides is 1. The Labute approximate surface area is 251 Å². The number of carboxylic acids is 1. The van der Waals surface area contributed by atoms with Gasteiger partial charge in [0.2, 0.25) is 0 Å². The molecule has 2 aromatic carbocycles. The van der Waals surface area contributed by atoms with Crippen LogP contribution in [-0.2, 0) is 9.47 Å². The van der Waals surface area contributed by atoms with E-state index in [9.17, 15) is 14.7 Å². The molecule has 1 aliphatic carbocycles. The molecule has 0 atom stereocenters. The van der Waals surface area contributed by atoms with E-state index in [0.29, 0.717) is 67.6 Å². The molecule has 10 heteroatoms. The summed E-state index contributed by atoms with van der Waals surface area (Å²) < 4.78 is 17.2. The van der Waals surface area contributed by atoms with E-state index in [1.54, 1.807) is 6.07 Å². The third-order valence-corrected chi connectivity index (χ3v) is 7.03. The summed E-state index contributed by atoms with van der Waals surface area (Å²) in [6.07, 6.45) is 0. The molecule has 0 spiro atoms. The van der Waals surface area contributed by atoms with Crippen LogP contribution in [0.5, 0.6) is 0 Å². The predicted molar refractivity (Wildman–Crippen MR) is 168 cm³/mol. The molecule has 43 heavy (non-hydrogen) atoms. The van der Waals surface area contributed by atoms with Crippen molar-refractivity contribution in [3.63, 3.8) is 0 Å². The van der Waals surface area contributed by atoms with E-state index in [0.717, 1.165) is 39.7 Å². The van der Waals surface area contributed by atoms with Crippen LogP contribution in [0, 0.1) is 13.8 Å². The number of nitrogens with zero attached hydrogens (tertiary/aromatic N) is 1. The number of ether oxygens (including phenoxy) is 2. The largest absolute Gasteiger partial charge is 0.478 e. The molecule has 228 valence electrons. The highest BCUT2D eigenvalue weighted by Gasteiger charge is 2.24. The van der Waals surface area contributed by atoms with Gasteiger partial charge in [0.15, 0.2) is 0 Å². The molecule has 0 fully saturated rings. The number of fused-ring (bicyclic) bond motifs is 2. The van der Waals surface area contributed by atoms with Gasteiger partial charge in [-0.05, 0) is 74.7 Å². The third-order valence-electron chi connectivity index (χ3n) is 7.03. The maximum Gasteiger partial charge on any atom is 0.336 e. The van der Waals surface area contributed by atoms with Gasteiger partial charge in [-0.3, -0.25) is 9.79 Å². The zero-order valence-electron chi connectivity index (χ0n) is 25.2. The highest BCUT2D eigenvalue weighted by atomic mass is 16.5. The highest BCUT2D eigenvalue weighted by Crippen LogP contribution is 2.43. The number of aromatic carboxylic acids is 1. The first-order valence-electron chi connectivity index (χ1n) is 14.6. The maximum atomic E-state index is 13.2. The van der Waals surface area contributed by atoms with Gasteiger partial charge in [0, 0.05) is 66.1 Å². The Balaban J connectivity index is 1.82. The van der Waals surface area contributed by atoms with E-state index in [4.69, 9.17) is 19.6 Å². The minimum Gasteiger partial charge on any atom is -0.478 e. The topological polar surface area (TPSA) is 148 Å². The summed E-state index contributed by atoms with van der Waals surface area (Å²) in [5.74, 6) is -0.851. The first kappa shape index (κ1) is 31.7. The number of carbonyl (C=O) groups excluding carboxylic acids is 1. The van der Waals surface area contributed by atoms with Crippen LogP contribution in [0.3, 0.4) is 0 Å². The summed E-state index contributed by atoms with van der Waals surface area (Å²) in [5, 5.41) is 18.0. The van der Waals surface area contributed by atoms with Gasteiger partial charge in [-0.25, -0.2) is 4.79 Å². The Kier molecular flexibility index (Phi) is 10.9. The second-order valence-corrected chi connectivity index (χ2v) is 10.1. The Bertz CT molecular complexity index is 1650. The summed E-state index contributed by atoms with van der Waals surface area (Å²) in [6.45, 7) is 11.7. The average Bonchev–Trinajstić information content (AvgIpc) is 2.98. The third kappa shape index (κ3) is 7.40. The number of carbonyl (C=O) groups is 2. The van der Waals surface area contributed by atoms with Crippen LogP contribution in [0.25, 0.3) is 33.4 Å². The Hall–Kier alpha value is -4.25. The summed E-state index contributed by atoms with van der Waals surface area (Å²) in [5.41, 5.74) is 11.1. The number of hydrogen-bond acceptors (Lipinski definition) is 8. The number of nitrogens with one attached hydrogen (secondary N) is 2. The van der Waals surface area contributed by atoms with Gasteiger partial charge in [-0.15, -0.1) is 0 Å². The van der Waals surface area contributed by atoms with Crippen molar-refractivity contribution >= 4 is 28.5 Å². The molecule has 0 unspecified atom stereocenters. The Morgan fingerprint density at radius 3 is 2.42 bits per heavy atom. The zero-order valence-corrected chi connectivity index (χ0v) is 25.2. The Morgan fingerprint density at radius 2 is 1.72 bits per heavy atom. The molecule has 1 aliphatic heterocycles. The van der Waals surface area contributed by atoms with Gasteiger partial charge in [-0.2, -0.15) is 0 Å². The molecule has 0 radical (unpaired) electrons. The van der Waals surface area contributed by atoms with Crippen LogP contribution >= 0.6 is 0 Å². The van der Waals surface area contributed by atoms with Crippen molar-refractivity contribution in [1.29, 1.82) is 0 Å². The van der Waals surface area contributed by atoms with Crippen molar-refractivity contribution in [2.75, 3.05) is 57.9 Å². The number of benzene rings is 3. The molecule has 4 rings (SSSR count). The minimum absolute atomic E-state index is 0.0829. The lowest BCUT2D eigenvalue weighted by Gasteiger charge is -2.20. The molecule has 10 nitrogen and oxygen atoms in total. The summed E-state index contributed by atoms with van der Waals surface area (Å²) in [6, 6.07) is 12.4. The molecule has 1 amide bonds. The molecule has 0 saturated heterocycles. The quantitative estimate of drug-likeness (QED) is 0.123. The van der Waals surface area contributed by atoms with Crippen LogP contribution in [0.2, 0.25) is 0 Å². The molecule has 0 aromatic heterocycles. The first-order valence-corrected chi connectivity index (χ1v) is 14.6. The van der Waals surface area contributed by atoms with Crippen molar-refractivity contribution in [2.45, 2.75) is 27.7 Å². The van der Waals surface area contributed by atoms with Crippen molar-refractivity contribution in [3.05, 3.63) is 70.1 Å². The average molecular weight is 589 g/mol. The lowest BCUT2D eigenvalue weighted by atomic mass is 9.88. The molecule has 2 aliphatic rings. The molecular weight excluding hydrogens is 548 g/mol. The van der Waals surface area contributed by atoms with Gasteiger partial charge in [0.05, 0.1) is 37.3 Å². The van der Waals surface area contributed by atoms with E-state index in [2.05, 4.69) is 15.6 Å². The first-order chi connectivity index (χ1) is 20.8. The van der Waals surface area contributed by atoms with Crippen LogP contribution in [0.1, 0.15) is 45.7 Å². The van der Waals surface area contributed by atoms with E-state index in [1.165, 1.54) is 12.1 Å². The van der Waals surface area contributed by atoms with Gasteiger partial charge in [0.25, 0.3) is 5.91 Å². The lowest BCUT2D eigenvalue weighted by Crippen LogP contribution is -2.27. The second kappa shape index (κ2) is 14.8. The van der Waals surface area contributed by atoms with Gasteiger partial charge >= 0.3 is 5.97 Å². The number of aryl methyl sites for hydroxylation is 2. The molecular formula is C33H40N4O6. The van der Waals surface area contributed by atoms with E-state index < -0.39 is 5.97 Å². The normalized spacial score (nSPS) is 11.8. The maximum absolute atomic E-state index is 13.2. The fourth-order valence-corrected chi connectivity index (χ4v) is 5.02. The Morgan fingerprint density at radius 1 is 0.953 bits per heavy atom. The van der Waals surface area contributed by atoms with Crippen molar-refractivity contribution < 1.29 is 28.6 Å². The number of hydrogen-bond donors (Lipinski definition) is 4. The molecule has 1 heterocycles. The number of carboxylic acid groups (broad SMARTS) is 1. The standard InChI is InChI=1S/C33H40N4O6/c1-5-35-27-18-29-25(15-20(27)3)31(26-16-21(4)28(36-6-2)19-30(26)43-29)24-17-22(7-8-23(24)33(39)40)32(38)37-10-12-42-14-13-41-11-9-34/h7-8,15-19,35H,5-6,9-14,34H2,1-4H3,(H,37,38)(H,39,40). The summed E-state index contributed by atoms with van der Waals surface area (Å²) >= 11 is 0. The lowest BCUT2D eigenvalue weighted by molar-refractivity contribution is 0.0511. The molecule has 5 N–H and O–H groups in total. The van der Waals surface area contributed by atoms with Crippen molar-refractivity contribution in [2.24, 2.45) is 10.7 Å². The van der Waals surface area contributed by atoms with Crippen LogP contribution in [0.4, 0.5) is 5.69 Å². The minimum atomic E-state index is -1.09. The molecule has 0 saturated carbocycles. The highest BCUT2D eigenvalue weighted by molar-refractivity contribution is 6.09. The van der Waals surface area contributed by atoms with Crippen LogP contribution in [0.15, 0.2) is 51.9 Å². The van der Waals surface area contributed by atoms with Gasteiger partial charge < -0.3 is 35.4 Å². The van der Waals surface area contributed by atoms with Gasteiger partial charge in [-0.1, -0.05) is 0 Å². The van der Waals surface area contributed by atoms with Crippen molar-refractivity contribution in [3.8, 4) is 22.5 Å². The number of nitrogens with two attached hydrogens (primary N) is 1. The van der Waals surface area contributed by atoms with Crippen molar-refractivity contribution in [1.82, 2.24) is 5.32 Å². The second-order valence-electron chi connectivity index (χ2n) is 10.1. The zero-order chi connectivity index (χ0) is 30.9. The fourth-order valence-electron chi connectivity index (χ4n) is 5.02. The van der Waals surface area contributed by atoms with E-state index >= 15 is 0 Å². The molecule has 2 aromatic rings. The fraction of sp³-hybridized carbons (Fsp3) is 0.364. The SMILES string of the molecule is CCN=c1cc2oc3cc(NCC)c(C)cc3c(-c3cc(C(=O)NCCOCCOCCN)ccc3C(=O)O)c-2cc1C. The summed E-state index contributed by atoms with van der Waals surface area (Å²) in [7, 11) is 0. The van der Waals surface area contributed by atoms with E-state index in [-0.39, 0.29) is 18.0 Å². The molecule has 0 bridgehead atoms. The van der Waals surface area contributed by atoms with E-state index in [1.807, 2.05) is 52.0 Å². The predicted octanol–water partition coefficient (Wildman–Crippen LogP) is 4.59.